The second kappa shape index (κ2) is 12.1. The summed E-state index contributed by atoms with van der Waals surface area (Å²) in [6.45, 7) is 0. The van der Waals surface area contributed by atoms with Crippen LogP contribution in [-0.4, -0.2) is 28.8 Å². The summed E-state index contributed by atoms with van der Waals surface area (Å²) in [4.78, 5) is 35.0. The minimum atomic E-state index is -1.53. The van der Waals surface area contributed by atoms with Gasteiger partial charge in [-0.25, -0.2) is 9.59 Å². The Balaban J connectivity index is -0.00000121. The Morgan fingerprint density at radius 3 is 1.96 bits per heavy atom. The van der Waals surface area contributed by atoms with Crippen LogP contribution in [0.2, 0.25) is 0 Å². The van der Waals surface area contributed by atoms with Gasteiger partial charge in [-0.3, -0.25) is 4.79 Å². The van der Waals surface area contributed by atoms with E-state index in [4.69, 9.17) is 9.47 Å². The van der Waals surface area contributed by atoms with E-state index in [0.29, 0.717) is 12.8 Å². The van der Waals surface area contributed by atoms with Gasteiger partial charge in [-0.15, -0.1) is 0 Å². The molecule has 0 heterocycles. The first-order valence-corrected chi connectivity index (χ1v) is 7.71. The number of carbonyl (C=O) groups excluding carboxylic acids is 2. The average Bonchev–Trinajstić information content (AvgIpc) is 2.48. The van der Waals surface area contributed by atoms with Crippen molar-refractivity contribution in [3.8, 4) is 0 Å². The van der Waals surface area contributed by atoms with Gasteiger partial charge < -0.3 is 17.4 Å². The number of carboxylic acids is 1. The Hall–Kier alpha value is 1.68. The topological polar surface area (TPSA) is 89.9 Å². The number of esters is 1. The third-order valence-corrected chi connectivity index (χ3v) is 4.45. The largest absolute Gasteiger partial charge is 1.00 e. The van der Waals surface area contributed by atoms with Crippen molar-refractivity contribution in [1.82, 2.24) is 0 Å². The van der Waals surface area contributed by atoms with Gasteiger partial charge >= 0.3 is 121 Å². The summed E-state index contributed by atoms with van der Waals surface area (Å²) < 4.78 is 9.72. The molecule has 0 aromatic heterocycles. The van der Waals surface area contributed by atoms with E-state index in [1.165, 1.54) is 0 Å². The van der Waals surface area contributed by atoms with E-state index in [1.54, 1.807) is 0 Å². The molecule has 0 unspecified atom stereocenters. The fourth-order valence-electron chi connectivity index (χ4n) is 3.17. The zero-order valence-corrected chi connectivity index (χ0v) is 20.4. The van der Waals surface area contributed by atoms with Crippen LogP contribution in [0.5, 0.6) is 0 Å². The normalized spacial score (nSPS) is 20.3. The number of carboxylic acid groups (broad SMARTS) is 1. The molecule has 2 aliphatic carbocycles. The van der Waals surface area contributed by atoms with Gasteiger partial charge in [0, 0.05) is 0 Å². The molecule has 0 spiro atoms. The van der Waals surface area contributed by atoms with Crippen LogP contribution >= 0.6 is 0 Å². The number of carbonyl (C=O) groups is 3. The van der Waals surface area contributed by atoms with Gasteiger partial charge in [0.25, 0.3) is 0 Å². The number of hydrogen-bond donors (Lipinski definition) is 1. The summed E-state index contributed by atoms with van der Waals surface area (Å²) in [7, 11) is 0. The van der Waals surface area contributed by atoms with Crippen LogP contribution in [0.4, 0.5) is 4.79 Å². The third kappa shape index (κ3) is 7.44. The predicted octanol–water partition coefficient (Wildman–Crippen LogP) is -2.73. The zero-order chi connectivity index (χ0) is 15.3. The van der Waals surface area contributed by atoms with Gasteiger partial charge in [0.1, 0.15) is 0 Å². The molecule has 1 N–H and O–H groups in total. The molecule has 2 rings (SSSR count). The fourth-order valence-corrected chi connectivity index (χ4v) is 3.17. The maximum Gasteiger partial charge on any atom is 1.00 e. The molecule has 23 heavy (non-hydrogen) atoms. The van der Waals surface area contributed by atoms with E-state index >= 15 is 0 Å². The standard InChI is InChI=1S/C15H22O6.2K.2H/c16-12(11-7-3-1-4-8-11)20-14(19)21-15(13(17)18)9-5-2-6-10-15;;;;/h11H,1-10H2,(H,17,18);;;;/q;2*+1;2*-1. The van der Waals surface area contributed by atoms with Crippen molar-refractivity contribution in [2.45, 2.75) is 69.8 Å². The van der Waals surface area contributed by atoms with E-state index in [9.17, 15) is 19.5 Å². The SMILES string of the molecule is O=C(OC(=O)C1CCCCC1)OC1(C(=O)O)CCCCC1.[H-].[H-].[K+].[K+]. The van der Waals surface area contributed by atoms with Crippen LogP contribution in [-0.2, 0) is 19.1 Å². The van der Waals surface area contributed by atoms with Crippen LogP contribution in [0.1, 0.15) is 67.1 Å². The van der Waals surface area contributed by atoms with Crippen LogP contribution in [0.15, 0.2) is 0 Å². The Morgan fingerprint density at radius 2 is 1.43 bits per heavy atom. The third-order valence-electron chi connectivity index (χ3n) is 4.45. The summed E-state index contributed by atoms with van der Waals surface area (Å²) in [5, 5.41) is 9.30. The molecule has 122 valence electrons. The summed E-state index contributed by atoms with van der Waals surface area (Å²) in [6, 6.07) is 0. The molecule has 0 aromatic carbocycles. The molecule has 2 aliphatic rings. The van der Waals surface area contributed by atoms with E-state index in [0.717, 1.165) is 38.5 Å². The van der Waals surface area contributed by atoms with E-state index in [1.807, 2.05) is 0 Å². The summed E-state index contributed by atoms with van der Waals surface area (Å²) >= 11 is 0. The van der Waals surface area contributed by atoms with Crippen LogP contribution in [0.3, 0.4) is 0 Å². The Bertz CT molecular complexity index is 424. The Morgan fingerprint density at radius 1 is 0.913 bits per heavy atom. The monoisotopic (exact) mass is 378 g/mol. The van der Waals surface area contributed by atoms with E-state index in [-0.39, 0.29) is 124 Å². The van der Waals surface area contributed by atoms with Crippen molar-refractivity contribution in [1.29, 1.82) is 0 Å². The first-order valence-electron chi connectivity index (χ1n) is 7.71. The minimum absolute atomic E-state index is 0. The molecular weight excluding hydrogens is 354 g/mol. The number of hydrogen-bond acceptors (Lipinski definition) is 5. The van der Waals surface area contributed by atoms with Crippen molar-refractivity contribution < 1.29 is 135 Å². The number of rotatable bonds is 3. The van der Waals surface area contributed by atoms with Crippen LogP contribution < -0.4 is 103 Å². The first kappa shape index (κ1) is 24.7. The maximum atomic E-state index is 11.9. The molecule has 0 radical (unpaired) electrons. The van der Waals surface area contributed by atoms with Gasteiger partial charge in [0.15, 0.2) is 0 Å². The van der Waals surface area contributed by atoms with Crippen molar-refractivity contribution in [3.63, 3.8) is 0 Å². The Kier molecular flexibility index (Phi) is 13.0. The van der Waals surface area contributed by atoms with Gasteiger partial charge in [-0.1, -0.05) is 25.7 Å². The molecule has 8 heteroatoms. The smallest absolute Gasteiger partial charge is 1.00 e. The molecule has 0 amide bonds. The molecule has 0 bridgehead atoms. The molecule has 0 atom stereocenters. The Labute approximate surface area is 224 Å². The van der Waals surface area contributed by atoms with Gasteiger partial charge in [0.2, 0.25) is 5.60 Å². The molecule has 6 nitrogen and oxygen atoms in total. The summed E-state index contributed by atoms with van der Waals surface area (Å²) in [6.07, 6.45) is 6.12. The van der Waals surface area contributed by atoms with Crippen LogP contribution in [0, 0.1) is 5.92 Å². The quantitative estimate of drug-likeness (QED) is 0.326. The predicted molar refractivity (Wildman–Crippen MR) is 74.8 cm³/mol. The van der Waals surface area contributed by atoms with Crippen molar-refractivity contribution in [2.24, 2.45) is 5.92 Å². The van der Waals surface area contributed by atoms with Gasteiger partial charge in [-0.05, 0) is 38.5 Å². The molecule has 2 saturated carbocycles. The zero-order valence-electron chi connectivity index (χ0n) is 16.1. The van der Waals surface area contributed by atoms with E-state index in [2.05, 4.69) is 0 Å². The van der Waals surface area contributed by atoms with Gasteiger partial charge in [-0.2, -0.15) is 0 Å². The van der Waals surface area contributed by atoms with Gasteiger partial charge in [0.05, 0.1) is 5.92 Å². The molecular formula is C15H24K2O6. The average molecular weight is 379 g/mol. The first-order chi connectivity index (χ1) is 10.0. The minimum Gasteiger partial charge on any atom is -1.00 e. The molecule has 0 saturated heterocycles. The number of aliphatic carboxylic acids is 1. The summed E-state index contributed by atoms with van der Waals surface area (Å²) in [5.74, 6) is -2.02. The number of ether oxygens (including phenoxy) is 2. The maximum absolute atomic E-state index is 11.9. The molecule has 0 aliphatic heterocycles. The fraction of sp³-hybridized carbons (Fsp3) is 0.800. The molecule has 0 aromatic rings. The second-order valence-corrected chi connectivity index (χ2v) is 5.97. The summed E-state index contributed by atoms with van der Waals surface area (Å²) in [5.41, 5.74) is -1.53. The second-order valence-electron chi connectivity index (χ2n) is 5.97. The van der Waals surface area contributed by atoms with Crippen molar-refractivity contribution >= 4 is 18.1 Å². The van der Waals surface area contributed by atoms with Crippen molar-refractivity contribution in [3.05, 3.63) is 0 Å². The van der Waals surface area contributed by atoms with Crippen molar-refractivity contribution in [2.75, 3.05) is 0 Å². The van der Waals surface area contributed by atoms with Crippen LogP contribution in [0.25, 0.3) is 0 Å². The molecule has 2 fully saturated rings. The van der Waals surface area contributed by atoms with E-state index < -0.39 is 23.7 Å².